The number of nitrogens with zero attached hydrogens (tertiary/aromatic N) is 1. The lowest BCUT2D eigenvalue weighted by molar-refractivity contribution is -0.141. The number of nitrogens with one attached hydrogen (secondary N) is 2. The van der Waals surface area contributed by atoms with Crippen LogP contribution in [0.3, 0.4) is 0 Å². The molecule has 37 heavy (non-hydrogen) atoms. The molecule has 2 amide bonds. The number of benzene rings is 2. The zero-order chi connectivity index (χ0) is 27.5. The maximum Gasteiger partial charge on any atom is 0.416 e. The summed E-state index contributed by atoms with van der Waals surface area (Å²) in [5, 5.41) is 14.0. The topological polar surface area (TPSA) is 98.7 Å². The molecule has 3 rings (SSSR count). The van der Waals surface area contributed by atoms with Gasteiger partial charge in [-0.2, -0.15) is 26.3 Å². The highest BCUT2D eigenvalue weighted by atomic mass is 19.4. The van der Waals surface area contributed by atoms with E-state index in [0.717, 1.165) is 36.4 Å². The van der Waals surface area contributed by atoms with E-state index < -0.39 is 59.3 Å². The summed E-state index contributed by atoms with van der Waals surface area (Å²) in [7, 11) is 1.53. The van der Waals surface area contributed by atoms with Crippen LogP contribution in [-0.4, -0.2) is 53.5 Å². The summed E-state index contributed by atoms with van der Waals surface area (Å²) >= 11 is 0. The Bertz CT molecular complexity index is 1150. The lowest BCUT2D eigenvalue weighted by Gasteiger charge is -2.24. The average molecular weight is 531 g/mol. The van der Waals surface area contributed by atoms with Crippen molar-refractivity contribution in [3.63, 3.8) is 0 Å². The van der Waals surface area contributed by atoms with Crippen molar-refractivity contribution in [2.45, 2.75) is 37.3 Å². The molecule has 13 heteroatoms. The van der Waals surface area contributed by atoms with Gasteiger partial charge in [0.1, 0.15) is 6.04 Å². The van der Waals surface area contributed by atoms with Gasteiger partial charge in [0.25, 0.3) is 0 Å². The Labute approximate surface area is 207 Å². The van der Waals surface area contributed by atoms with Crippen LogP contribution >= 0.6 is 0 Å². The zero-order valence-corrected chi connectivity index (χ0v) is 19.4. The number of alkyl halides is 6. The molecule has 0 aliphatic carbocycles. The fourth-order valence-corrected chi connectivity index (χ4v) is 4.03. The largest absolute Gasteiger partial charge is 0.481 e. The minimum Gasteiger partial charge on any atom is -0.481 e. The molecule has 0 bridgehead atoms. The Morgan fingerprint density at radius 2 is 1.62 bits per heavy atom. The van der Waals surface area contributed by atoms with Crippen molar-refractivity contribution in [1.29, 1.82) is 0 Å². The Morgan fingerprint density at radius 1 is 1.00 bits per heavy atom. The van der Waals surface area contributed by atoms with Gasteiger partial charge in [-0.05, 0) is 49.4 Å². The summed E-state index contributed by atoms with van der Waals surface area (Å²) in [6.45, 7) is 0.0907. The van der Waals surface area contributed by atoms with E-state index in [1.54, 1.807) is 0 Å². The molecule has 1 saturated heterocycles. The quantitative estimate of drug-likeness (QED) is 0.473. The molecular formula is C24H23F6N3O4. The highest BCUT2D eigenvalue weighted by Gasteiger charge is 2.39. The third-order valence-electron chi connectivity index (χ3n) is 6.01. The molecule has 0 spiro atoms. The first kappa shape index (κ1) is 28.0. The Balaban J connectivity index is 1.82. The van der Waals surface area contributed by atoms with Crippen LogP contribution in [0.25, 0.3) is 0 Å². The molecule has 2 aromatic carbocycles. The highest BCUT2D eigenvalue weighted by Crippen LogP contribution is 2.31. The van der Waals surface area contributed by atoms with Crippen LogP contribution in [0.1, 0.15) is 23.1 Å². The summed E-state index contributed by atoms with van der Waals surface area (Å²) in [6, 6.07) is 5.41. The first-order valence-corrected chi connectivity index (χ1v) is 11.0. The Kier molecular flexibility index (Phi) is 8.16. The molecule has 200 valence electrons. The summed E-state index contributed by atoms with van der Waals surface area (Å²) in [6.07, 6.45) is -9.55. The van der Waals surface area contributed by atoms with Crippen molar-refractivity contribution in [2.24, 2.45) is 5.92 Å². The number of likely N-dealkylation sites (N-methyl/N-ethyl adjacent to an activating group) is 1. The van der Waals surface area contributed by atoms with Crippen LogP contribution in [0, 0.1) is 5.92 Å². The van der Waals surface area contributed by atoms with Crippen LogP contribution in [0.15, 0.2) is 48.5 Å². The van der Waals surface area contributed by atoms with Gasteiger partial charge in [-0.3, -0.25) is 19.3 Å². The van der Waals surface area contributed by atoms with Crippen LogP contribution in [-0.2, 0) is 33.2 Å². The van der Waals surface area contributed by atoms with Crippen LogP contribution < -0.4 is 10.6 Å². The summed E-state index contributed by atoms with van der Waals surface area (Å²) in [5.74, 6) is -3.50. The van der Waals surface area contributed by atoms with Gasteiger partial charge >= 0.3 is 18.3 Å². The van der Waals surface area contributed by atoms with Gasteiger partial charge in [0, 0.05) is 18.7 Å². The zero-order valence-electron chi connectivity index (χ0n) is 19.4. The number of carbonyl (C=O) groups is 3. The number of halogens is 6. The van der Waals surface area contributed by atoms with Crippen molar-refractivity contribution in [3.8, 4) is 0 Å². The van der Waals surface area contributed by atoms with Gasteiger partial charge in [-0.1, -0.05) is 18.2 Å². The van der Waals surface area contributed by atoms with Gasteiger partial charge in [-0.25, -0.2) is 0 Å². The minimum atomic E-state index is -4.66. The standard InChI is InChI=1S/C24H23F6N3O4/c1-33-12-14(22(36)37)10-19(33)21(35)32-18(9-13-5-7-15(8-6-13)23(25,26)27)20(34)31-17-4-2-3-16(11-17)24(28,29)30/h2-8,11,14,18-19H,9-10,12H2,1H3,(H,31,34)(H,32,35)(H,36,37)/t14-,18-,19?/m0/s1. The van der Waals surface area contributed by atoms with Crippen molar-refractivity contribution in [3.05, 3.63) is 65.2 Å². The lowest BCUT2D eigenvalue weighted by atomic mass is 10.0. The summed E-state index contributed by atoms with van der Waals surface area (Å²) in [5.41, 5.74) is -1.88. The second-order valence-electron chi connectivity index (χ2n) is 8.75. The highest BCUT2D eigenvalue weighted by molar-refractivity contribution is 5.98. The van der Waals surface area contributed by atoms with E-state index >= 15 is 0 Å². The number of hydrogen-bond donors (Lipinski definition) is 3. The van der Waals surface area contributed by atoms with Gasteiger partial charge < -0.3 is 15.7 Å². The lowest BCUT2D eigenvalue weighted by Crippen LogP contribution is -2.51. The smallest absolute Gasteiger partial charge is 0.416 e. The molecule has 7 nitrogen and oxygen atoms in total. The van der Waals surface area contributed by atoms with Crippen LogP contribution in [0.2, 0.25) is 0 Å². The Hall–Kier alpha value is -3.61. The van der Waals surface area contributed by atoms with E-state index in [-0.39, 0.29) is 30.6 Å². The maximum atomic E-state index is 13.0. The van der Waals surface area contributed by atoms with E-state index in [9.17, 15) is 45.8 Å². The number of rotatable bonds is 7. The van der Waals surface area contributed by atoms with Gasteiger partial charge in [0.15, 0.2) is 0 Å². The fourth-order valence-electron chi connectivity index (χ4n) is 4.03. The van der Waals surface area contributed by atoms with Crippen molar-refractivity contribution in [1.82, 2.24) is 10.2 Å². The first-order valence-electron chi connectivity index (χ1n) is 11.0. The molecule has 0 radical (unpaired) electrons. The van der Waals surface area contributed by atoms with Crippen LogP contribution in [0.5, 0.6) is 0 Å². The SMILES string of the molecule is CN1C[C@@H](C(=O)O)CC1C(=O)N[C@@H](Cc1ccc(C(F)(F)F)cc1)C(=O)Nc1cccc(C(F)(F)F)c1. The number of hydrogen-bond acceptors (Lipinski definition) is 4. The first-order chi connectivity index (χ1) is 17.1. The van der Waals surface area contributed by atoms with Crippen LogP contribution in [0.4, 0.5) is 32.0 Å². The molecule has 1 heterocycles. The second kappa shape index (κ2) is 10.8. The molecule has 2 aromatic rings. The normalized spacial score (nSPS) is 19.3. The molecule has 1 fully saturated rings. The third-order valence-corrected chi connectivity index (χ3v) is 6.01. The monoisotopic (exact) mass is 531 g/mol. The molecule has 1 unspecified atom stereocenters. The molecule has 1 aliphatic rings. The number of carbonyl (C=O) groups excluding carboxylic acids is 2. The van der Waals surface area contributed by atoms with Gasteiger partial charge in [-0.15, -0.1) is 0 Å². The van der Waals surface area contributed by atoms with Crippen molar-refractivity contribution >= 4 is 23.5 Å². The number of amides is 2. The Morgan fingerprint density at radius 3 is 2.16 bits per heavy atom. The second-order valence-corrected chi connectivity index (χ2v) is 8.75. The molecule has 0 saturated carbocycles. The molecule has 0 aromatic heterocycles. The number of aliphatic carboxylic acids is 1. The van der Waals surface area contributed by atoms with Gasteiger partial charge in [0.2, 0.25) is 11.8 Å². The van der Waals surface area contributed by atoms with E-state index in [1.807, 2.05) is 0 Å². The minimum absolute atomic E-state index is 0.0279. The van der Waals surface area contributed by atoms with E-state index in [0.29, 0.717) is 6.07 Å². The summed E-state index contributed by atoms with van der Waals surface area (Å²) in [4.78, 5) is 38.7. The number of anilines is 1. The number of likely N-dealkylation sites (tertiary alicyclic amines) is 1. The molecular weight excluding hydrogens is 508 g/mol. The van der Waals surface area contributed by atoms with Gasteiger partial charge in [0.05, 0.1) is 23.1 Å². The third kappa shape index (κ3) is 7.21. The maximum absolute atomic E-state index is 13.0. The molecule has 3 atom stereocenters. The van der Waals surface area contributed by atoms with E-state index in [4.69, 9.17) is 0 Å². The number of carboxylic acids is 1. The average Bonchev–Trinajstić information content (AvgIpc) is 3.20. The number of carboxylic acid groups (broad SMARTS) is 1. The van der Waals surface area contributed by atoms with Crippen molar-refractivity contribution in [2.75, 3.05) is 18.9 Å². The predicted octanol–water partition coefficient (Wildman–Crippen LogP) is 3.80. The predicted molar refractivity (Wildman–Crippen MR) is 119 cm³/mol. The summed E-state index contributed by atoms with van der Waals surface area (Å²) < 4.78 is 77.8. The van der Waals surface area contributed by atoms with E-state index in [2.05, 4.69) is 10.6 Å². The molecule has 3 N–H and O–H groups in total. The molecule has 1 aliphatic heterocycles. The van der Waals surface area contributed by atoms with E-state index in [1.165, 1.54) is 18.0 Å². The fraction of sp³-hybridized carbons (Fsp3) is 0.375. The van der Waals surface area contributed by atoms with Crippen molar-refractivity contribution < 1.29 is 45.8 Å².